The van der Waals surface area contributed by atoms with E-state index in [9.17, 15) is 8.42 Å². The highest BCUT2D eigenvalue weighted by molar-refractivity contribution is 7.92. The summed E-state index contributed by atoms with van der Waals surface area (Å²) < 4.78 is 32.9. The van der Waals surface area contributed by atoms with E-state index in [0.29, 0.717) is 23.9 Å². The van der Waals surface area contributed by atoms with Crippen molar-refractivity contribution in [2.75, 3.05) is 11.3 Å². The van der Waals surface area contributed by atoms with E-state index in [1.807, 2.05) is 13.0 Å². The molecule has 2 aromatic carbocycles. The second-order valence-electron chi connectivity index (χ2n) is 5.31. The van der Waals surface area contributed by atoms with Crippen LogP contribution in [0.5, 0.6) is 5.88 Å². The minimum Gasteiger partial charge on any atom is -0.477 e. The number of ether oxygens (including phenoxy) is 1. The van der Waals surface area contributed by atoms with Gasteiger partial charge in [-0.15, -0.1) is 10.2 Å². The maximum atomic E-state index is 12.5. The Morgan fingerprint density at radius 1 is 1.04 bits per heavy atom. The van der Waals surface area contributed by atoms with Crippen LogP contribution in [-0.4, -0.2) is 25.2 Å². The van der Waals surface area contributed by atoms with E-state index in [4.69, 9.17) is 16.3 Å². The van der Waals surface area contributed by atoms with Crippen molar-refractivity contribution in [3.8, 4) is 17.1 Å². The van der Waals surface area contributed by atoms with Gasteiger partial charge in [0.15, 0.2) is 0 Å². The second-order valence-corrected chi connectivity index (χ2v) is 7.36. The Kier molecular flexibility index (Phi) is 5.39. The zero-order valence-electron chi connectivity index (χ0n) is 13.9. The molecule has 0 fully saturated rings. The van der Waals surface area contributed by atoms with Crippen LogP contribution in [-0.2, 0) is 10.0 Å². The van der Waals surface area contributed by atoms with Crippen LogP contribution < -0.4 is 9.46 Å². The topological polar surface area (TPSA) is 81.2 Å². The van der Waals surface area contributed by atoms with Gasteiger partial charge < -0.3 is 4.74 Å². The smallest absolute Gasteiger partial charge is 0.263 e. The minimum absolute atomic E-state index is 0.0212. The number of anilines is 1. The highest BCUT2D eigenvalue weighted by Gasteiger charge is 2.17. The summed E-state index contributed by atoms with van der Waals surface area (Å²) in [6.45, 7) is 2.37. The zero-order valence-corrected chi connectivity index (χ0v) is 15.5. The third-order valence-corrected chi connectivity index (χ3v) is 5.35. The van der Waals surface area contributed by atoms with Gasteiger partial charge in [0.1, 0.15) is 4.90 Å². The molecule has 134 valence electrons. The number of halogens is 1. The van der Waals surface area contributed by atoms with Crippen molar-refractivity contribution in [2.24, 2.45) is 0 Å². The number of hydrogen-bond acceptors (Lipinski definition) is 5. The van der Waals surface area contributed by atoms with E-state index in [1.165, 1.54) is 12.1 Å². The van der Waals surface area contributed by atoms with E-state index in [0.717, 1.165) is 5.56 Å². The Morgan fingerprint density at radius 3 is 2.54 bits per heavy atom. The van der Waals surface area contributed by atoms with Gasteiger partial charge in [-0.2, -0.15) is 0 Å². The average Bonchev–Trinajstić information content (AvgIpc) is 2.63. The molecule has 0 radical (unpaired) electrons. The van der Waals surface area contributed by atoms with Crippen molar-refractivity contribution in [3.63, 3.8) is 0 Å². The molecule has 26 heavy (non-hydrogen) atoms. The van der Waals surface area contributed by atoms with Crippen molar-refractivity contribution < 1.29 is 13.2 Å². The number of nitrogens with one attached hydrogen (secondary N) is 1. The number of hydrogen-bond donors (Lipinski definition) is 1. The summed E-state index contributed by atoms with van der Waals surface area (Å²) in [5.41, 5.74) is 1.73. The normalized spacial score (nSPS) is 11.2. The van der Waals surface area contributed by atoms with Gasteiger partial charge in [-0.25, -0.2) is 8.42 Å². The predicted molar refractivity (Wildman–Crippen MR) is 101 cm³/mol. The van der Waals surface area contributed by atoms with E-state index in [2.05, 4.69) is 14.9 Å². The average molecular weight is 390 g/mol. The summed E-state index contributed by atoms with van der Waals surface area (Å²) in [5.74, 6) is 0.437. The first-order valence-electron chi connectivity index (χ1n) is 7.84. The second kappa shape index (κ2) is 7.72. The maximum absolute atomic E-state index is 12.5. The lowest BCUT2D eigenvalue weighted by Gasteiger charge is -2.10. The largest absolute Gasteiger partial charge is 0.477 e. The molecule has 0 aliphatic heterocycles. The maximum Gasteiger partial charge on any atom is 0.263 e. The van der Waals surface area contributed by atoms with Crippen LogP contribution >= 0.6 is 11.6 Å². The van der Waals surface area contributed by atoms with Crippen molar-refractivity contribution in [1.29, 1.82) is 0 Å². The molecule has 1 N–H and O–H groups in total. The van der Waals surface area contributed by atoms with Gasteiger partial charge in [0.25, 0.3) is 10.0 Å². The molecular weight excluding hydrogens is 374 g/mol. The summed E-state index contributed by atoms with van der Waals surface area (Å²) in [6, 6.07) is 16.6. The van der Waals surface area contributed by atoms with Crippen LogP contribution in [0, 0.1) is 0 Å². The molecule has 0 saturated heterocycles. The highest BCUT2D eigenvalue weighted by Crippen LogP contribution is 2.26. The lowest BCUT2D eigenvalue weighted by molar-refractivity contribution is 0.323. The third kappa shape index (κ3) is 4.12. The van der Waals surface area contributed by atoms with Crippen LogP contribution in [0.4, 0.5) is 5.69 Å². The molecule has 0 saturated carbocycles. The van der Waals surface area contributed by atoms with E-state index in [1.54, 1.807) is 42.5 Å². The molecule has 0 amide bonds. The molecule has 3 aromatic rings. The molecular formula is C18H16ClN3O3S. The van der Waals surface area contributed by atoms with Crippen LogP contribution in [0.25, 0.3) is 11.3 Å². The molecule has 3 rings (SSSR count). The molecule has 0 atom stereocenters. The molecule has 8 heteroatoms. The summed E-state index contributed by atoms with van der Waals surface area (Å²) in [6.07, 6.45) is 0. The first-order valence-corrected chi connectivity index (χ1v) is 9.70. The molecule has 0 spiro atoms. The molecule has 0 aliphatic rings. The van der Waals surface area contributed by atoms with Gasteiger partial charge in [0.05, 0.1) is 17.3 Å². The van der Waals surface area contributed by atoms with Crippen LogP contribution in [0.2, 0.25) is 5.02 Å². The fraction of sp³-hybridized carbons (Fsp3) is 0.111. The lowest BCUT2D eigenvalue weighted by atomic mass is 10.1. The molecule has 6 nitrogen and oxygen atoms in total. The molecule has 0 unspecified atom stereocenters. The van der Waals surface area contributed by atoms with E-state index < -0.39 is 10.0 Å². The Bertz CT molecular complexity index is 1010. The van der Waals surface area contributed by atoms with Gasteiger partial charge >= 0.3 is 0 Å². The number of aromatic nitrogens is 2. The first-order chi connectivity index (χ1) is 12.5. The highest BCUT2D eigenvalue weighted by atomic mass is 35.5. The van der Waals surface area contributed by atoms with Gasteiger partial charge in [-0.05, 0) is 37.3 Å². The standard InChI is InChI=1S/C18H16ClN3O3S/c1-2-25-18-11-10-16(20-21-18)13-6-5-7-14(12-13)22-26(23,24)17-9-4-3-8-15(17)19/h3-12,22H,2H2,1H3. The van der Waals surface area contributed by atoms with Crippen LogP contribution in [0.15, 0.2) is 65.6 Å². The van der Waals surface area contributed by atoms with Gasteiger partial charge in [-0.3, -0.25) is 4.72 Å². The van der Waals surface area contributed by atoms with E-state index >= 15 is 0 Å². The summed E-state index contributed by atoms with van der Waals surface area (Å²) >= 11 is 5.99. The van der Waals surface area contributed by atoms with Crippen molar-refractivity contribution >= 4 is 27.3 Å². The number of sulfonamides is 1. The Hall–Kier alpha value is -2.64. The predicted octanol–water partition coefficient (Wildman–Crippen LogP) is 4.00. The van der Waals surface area contributed by atoms with Crippen molar-refractivity contribution in [3.05, 3.63) is 65.7 Å². The number of benzene rings is 2. The Morgan fingerprint density at radius 2 is 1.85 bits per heavy atom. The number of nitrogens with zero attached hydrogens (tertiary/aromatic N) is 2. The van der Waals surface area contributed by atoms with Gasteiger partial charge in [-0.1, -0.05) is 35.9 Å². The van der Waals surface area contributed by atoms with E-state index in [-0.39, 0.29) is 9.92 Å². The first kappa shape index (κ1) is 18.2. The fourth-order valence-electron chi connectivity index (χ4n) is 2.31. The Balaban J connectivity index is 1.87. The SMILES string of the molecule is CCOc1ccc(-c2cccc(NS(=O)(=O)c3ccccc3Cl)c2)nn1. The summed E-state index contributed by atoms with van der Waals surface area (Å²) in [5, 5.41) is 8.24. The summed E-state index contributed by atoms with van der Waals surface area (Å²) in [7, 11) is -3.79. The van der Waals surface area contributed by atoms with Crippen molar-refractivity contribution in [1.82, 2.24) is 10.2 Å². The monoisotopic (exact) mass is 389 g/mol. The van der Waals surface area contributed by atoms with Gasteiger partial charge in [0.2, 0.25) is 5.88 Å². The van der Waals surface area contributed by atoms with Crippen LogP contribution in [0.1, 0.15) is 6.92 Å². The van der Waals surface area contributed by atoms with Crippen LogP contribution in [0.3, 0.4) is 0 Å². The fourth-order valence-corrected chi connectivity index (χ4v) is 3.88. The van der Waals surface area contributed by atoms with Crippen molar-refractivity contribution in [2.45, 2.75) is 11.8 Å². The summed E-state index contributed by atoms with van der Waals surface area (Å²) in [4.78, 5) is 0.0212. The molecule has 0 bridgehead atoms. The lowest BCUT2D eigenvalue weighted by Crippen LogP contribution is -2.13. The zero-order chi connectivity index (χ0) is 18.6. The third-order valence-electron chi connectivity index (χ3n) is 3.47. The minimum atomic E-state index is -3.79. The Labute approximate surface area is 156 Å². The molecule has 1 aromatic heterocycles. The number of rotatable bonds is 6. The van der Waals surface area contributed by atoms with Gasteiger partial charge in [0, 0.05) is 17.3 Å². The molecule has 0 aliphatic carbocycles. The molecule has 1 heterocycles. The quantitative estimate of drug-likeness (QED) is 0.689.